The summed E-state index contributed by atoms with van der Waals surface area (Å²) < 4.78 is 12.2. The quantitative estimate of drug-likeness (QED) is 0.0949. The molecule has 0 fully saturated rings. The number of halogens is 2. The summed E-state index contributed by atoms with van der Waals surface area (Å²) in [6.45, 7) is 12.4. The first-order valence-corrected chi connectivity index (χ1v) is 20.6. The Bertz CT molecular complexity index is 2510. The molecule has 0 spiro atoms. The Hall–Kier alpha value is -5.84. The lowest BCUT2D eigenvalue weighted by Crippen LogP contribution is -2.28. The number of rotatable bonds is 12. The Labute approximate surface area is 359 Å². The maximum absolute atomic E-state index is 12.2. The smallest absolute Gasteiger partial charge is 0.344 e. The van der Waals surface area contributed by atoms with Gasteiger partial charge < -0.3 is 29.7 Å². The summed E-state index contributed by atoms with van der Waals surface area (Å²) in [6, 6.07) is 22.2. The molecule has 8 bridgehead atoms. The van der Waals surface area contributed by atoms with Crippen molar-refractivity contribution in [2.45, 2.75) is 79.4 Å². The number of nitrogens with one attached hydrogen (secondary N) is 2. The molecule has 3 aromatic heterocycles. The largest absolute Gasteiger partial charge is 0.479 e. The summed E-state index contributed by atoms with van der Waals surface area (Å²) in [5.74, 6) is -1.21. The van der Waals surface area contributed by atoms with Gasteiger partial charge >= 0.3 is 11.9 Å². The molecule has 0 radical (unpaired) electrons. The van der Waals surface area contributed by atoms with Crippen molar-refractivity contribution in [1.29, 1.82) is 0 Å². The first-order chi connectivity index (χ1) is 28.4. The van der Waals surface area contributed by atoms with Crippen molar-refractivity contribution < 1.29 is 29.3 Å². The molecule has 7 rings (SSSR count). The fraction of sp³-hybridized carbons (Fsp3) is 0.292. The Morgan fingerprint density at radius 1 is 0.583 bits per heavy atom. The number of carbonyl (C=O) groups is 2. The predicted molar refractivity (Wildman–Crippen MR) is 241 cm³/mol. The van der Waals surface area contributed by atoms with Crippen LogP contribution in [0.25, 0.3) is 68.6 Å². The third-order valence-electron chi connectivity index (χ3n) is 10.3. The lowest BCUT2D eigenvalue weighted by atomic mass is 9.89. The Morgan fingerprint density at radius 3 is 1.32 bits per heavy atom. The van der Waals surface area contributed by atoms with Crippen molar-refractivity contribution in [2.75, 3.05) is 0 Å². The Morgan fingerprint density at radius 2 is 0.950 bits per heavy atom. The first-order valence-electron chi connectivity index (χ1n) is 19.9. The molecule has 4 N–H and O–H groups in total. The number of H-pyrrole nitrogens is 2. The zero-order chi connectivity index (χ0) is 42.9. The number of benzene rings is 2. The molecule has 0 amide bonds. The summed E-state index contributed by atoms with van der Waals surface area (Å²) in [5, 5.41) is 20.8. The highest BCUT2D eigenvalue weighted by atomic mass is 35.5. The zero-order valence-corrected chi connectivity index (χ0v) is 35.9. The van der Waals surface area contributed by atoms with Crippen LogP contribution in [0.5, 0.6) is 11.5 Å². The normalized spacial score (nSPS) is 13.6. The van der Waals surface area contributed by atoms with E-state index in [0.29, 0.717) is 92.1 Å². The second-order valence-corrected chi connectivity index (χ2v) is 18.3. The summed E-state index contributed by atoms with van der Waals surface area (Å²) in [6.07, 6.45) is 7.52. The molecular formula is C48H48Cl2N4O6. The van der Waals surface area contributed by atoms with E-state index in [9.17, 15) is 19.8 Å². The summed E-state index contributed by atoms with van der Waals surface area (Å²) in [4.78, 5) is 41.4. The lowest BCUT2D eigenvalue weighted by molar-refractivity contribution is -0.146. The molecule has 0 aliphatic carbocycles. The van der Waals surface area contributed by atoms with Crippen LogP contribution in [0.3, 0.4) is 0 Å². The van der Waals surface area contributed by atoms with Crippen LogP contribution in [-0.2, 0) is 9.59 Å². The van der Waals surface area contributed by atoms with Gasteiger partial charge in [0.25, 0.3) is 0 Å². The molecule has 60 heavy (non-hydrogen) atoms. The topological polar surface area (TPSA) is 150 Å². The summed E-state index contributed by atoms with van der Waals surface area (Å²) in [7, 11) is 0. The van der Waals surface area contributed by atoms with Crippen LogP contribution in [-0.4, -0.2) is 54.3 Å². The first kappa shape index (κ1) is 42.3. The minimum absolute atomic E-state index is 0.0504. The van der Waals surface area contributed by atoms with Gasteiger partial charge in [0.1, 0.15) is 11.5 Å². The fourth-order valence-corrected chi connectivity index (χ4v) is 7.55. The highest BCUT2D eigenvalue weighted by Gasteiger charge is 2.25. The number of fused-ring (bicyclic) bond motifs is 8. The van der Waals surface area contributed by atoms with E-state index in [1.165, 1.54) is 0 Å². The number of hydrogen-bond donors (Lipinski definition) is 4. The molecule has 2 aromatic carbocycles. The van der Waals surface area contributed by atoms with Gasteiger partial charge in [-0.25, -0.2) is 19.6 Å². The number of aliphatic carboxylic acids is 2. The Balaban J connectivity index is 1.37. The number of nitrogens with zero attached hydrogens (tertiary/aromatic N) is 2. The van der Waals surface area contributed by atoms with E-state index >= 15 is 0 Å². The summed E-state index contributed by atoms with van der Waals surface area (Å²) >= 11 is 14.2. The van der Waals surface area contributed by atoms with Crippen molar-refractivity contribution in [2.24, 2.45) is 10.8 Å². The van der Waals surface area contributed by atoms with Crippen LogP contribution >= 0.6 is 23.2 Å². The van der Waals surface area contributed by atoms with Gasteiger partial charge in [-0.3, -0.25) is 0 Å². The molecule has 2 aliphatic rings. The van der Waals surface area contributed by atoms with E-state index in [0.717, 1.165) is 22.3 Å². The van der Waals surface area contributed by atoms with Crippen molar-refractivity contribution >= 4 is 81.5 Å². The SMILES string of the molecule is CC(C)(C)CCC(Oc1cccc(-c2c3nc(c(Cl)c4ccc([nH]4)c(-c4cccc(OC(CCC(C)(C)C)C(=O)O)c4)c4nc(c(Cl)c5ccc2[nH]5)C=C4)C=C3)c1)C(=O)O. The molecule has 5 aromatic rings. The molecular weight excluding hydrogens is 799 g/mol. The fourth-order valence-electron chi connectivity index (χ4n) is 7.12. The van der Waals surface area contributed by atoms with Gasteiger partial charge in [-0.2, -0.15) is 0 Å². The van der Waals surface area contributed by atoms with Gasteiger partial charge in [0.05, 0.1) is 43.9 Å². The van der Waals surface area contributed by atoms with E-state index in [-0.39, 0.29) is 10.8 Å². The minimum atomic E-state index is -1.02. The van der Waals surface area contributed by atoms with Crippen LogP contribution in [0.15, 0.2) is 72.8 Å². The van der Waals surface area contributed by atoms with Crippen molar-refractivity contribution in [3.8, 4) is 33.8 Å². The molecule has 2 aliphatic heterocycles. The molecule has 310 valence electrons. The van der Waals surface area contributed by atoms with Crippen LogP contribution < -0.4 is 9.47 Å². The highest BCUT2D eigenvalue weighted by Crippen LogP contribution is 2.38. The third-order valence-corrected chi connectivity index (χ3v) is 11.1. The van der Waals surface area contributed by atoms with Gasteiger partial charge in [-0.05, 0) is 120 Å². The van der Waals surface area contributed by atoms with Crippen molar-refractivity contribution in [3.63, 3.8) is 0 Å². The average Bonchev–Trinajstić information content (AvgIpc) is 4.03. The number of carboxylic acids is 2. The van der Waals surface area contributed by atoms with Gasteiger partial charge in [0, 0.05) is 22.2 Å². The van der Waals surface area contributed by atoms with E-state index in [1.807, 2.05) is 85.0 Å². The second-order valence-electron chi connectivity index (χ2n) is 17.5. The number of ether oxygens (including phenoxy) is 2. The van der Waals surface area contributed by atoms with Crippen LogP contribution in [0, 0.1) is 10.8 Å². The van der Waals surface area contributed by atoms with Crippen molar-refractivity contribution in [1.82, 2.24) is 19.9 Å². The minimum Gasteiger partial charge on any atom is -0.479 e. The molecule has 10 nitrogen and oxygen atoms in total. The zero-order valence-electron chi connectivity index (χ0n) is 34.4. The standard InChI is InChI=1S/C48H48Cl2N4O6/c1-47(2,3)23-21-39(45(55)56)59-29-11-7-9-27(25-29)41-31-13-17-35(51-31)43(49)37-19-15-33(53-37)42(34-16-20-38(54-34)44(50)36-18-14-32(41)52-36)28-10-8-12-30(26-28)60-40(46(57)58)22-24-48(4,5)6/h7-20,25-26,39-40,51,54H,21-24H2,1-6H3,(H,55,56)(H,57,58). The van der Waals surface area contributed by atoms with Crippen molar-refractivity contribution in [3.05, 3.63) is 106 Å². The highest BCUT2D eigenvalue weighted by molar-refractivity contribution is 6.36. The van der Waals surface area contributed by atoms with Crippen LogP contribution in [0.2, 0.25) is 10.0 Å². The van der Waals surface area contributed by atoms with E-state index in [2.05, 4.69) is 51.5 Å². The van der Waals surface area contributed by atoms with E-state index in [4.69, 9.17) is 42.6 Å². The molecule has 0 saturated heterocycles. The molecule has 0 saturated carbocycles. The average molecular weight is 848 g/mol. The lowest BCUT2D eigenvalue weighted by Gasteiger charge is -2.22. The summed E-state index contributed by atoms with van der Waals surface area (Å²) in [5.41, 5.74) is 7.77. The number of aromatic nitrogens is 4. The monoisotopic (exact) mass is 846 g/mol. The molecule has 5 heterocycles. The van der Waals surface area contributed by atoms with Gasteiger partial charge in [-0.15, -0.1) is 0 Å². The Kier molecular flexibility index (Phi) is 12.0. The van der Waals surface area contributed by atoms with Gasteiger partial charge in [0.2, 0.25) is 0 Å². The van der Waals surface area contributed by atoms with Crippen LogP contribution in [0.4, 0.5) is 0 Å². The van der Waals surface area contributed by atoms with E-state index in [1.54, 1.807) is 12.1 Å². The van der Waals surface area contributed by atoms with Gasteiger partial charge in [0.15, 0.2) is 12.2 Å². The number of carboxylic acid groups (broad SMARTS) is 2. The van der Waals surface area contributed by atoms with Crippen LogP contribution in [0.1, 0.15) is 90.0 Å². The molecule has 12 heteroatoms. The number of aromatic amines is 2. The molecule has 2 unspecified atom stereocenters. The maximum atomic E-state index is 12.2. The predicted octanol–water partition coefficient (Wildman–Crippen LogP) is 12.6. The third kappa shape index (κ3) is 9.78. The second kappa shape index (κ2) is 17.0. The molecule has 2 atom stereocenters. The van der Waals surface area contributed by atoms with Gasteiger partial charge in [-0.1, -0.05) is 89.0 Å². The van der Waals surface area contributed by atoms with E-state index < -0.39 is 24.1 Å². The number of hydrogen-bond acceptors (Lipinski definition) is 6. The maximum Gasteiger partial charge on any atom is 0.344 e.